The third-order valence-corrected chi connectivity index (χ3v) is 6.11. The van der Waals surface area contributed by atoms with Gasteiger partial charge < -0.3 is 19.9 Å². The number of likely N-dealkylation sites (tertiary alicyclic amines) is 1. The van der Waals surface area contributed by atoms with Crippen molar-refractivity contribution in [3.63, 3.8) is 0 Å². The van der Waals surface area contributed by atoms with E-state index in [9.17, 15) is 9.59 Å². The van der Waals surface area contributed by atoms with Gasteiger partial charge in [-0.05, 0) is 68.0 Å². The zero-order chi connectivity index (χ0) is 22.5. The molecule has 0 aliphatic carbocycles. The Morgan fingerprint density at radius 2 is 1.88 bits per heavy atom. The molecule has 7 nitrogen and oxygen atoms in total. The van der Waals surface area contributed by atoms with Crippen LogP contribution in [0.1, 0.15) is 43.7 Å². The lowest BCUT2D eigenvalue weighted by atomic mass is 9.89. The van der Waals surface area contributed by atoms with Gasteiger partial charge in [0, 0.05) is 49.5 Å². The molecule has 0 bridgehead atoms. The van der Waals surface area contributed by atoms with Crippen molar-refractivity contribution in [1.82, 2.24) is 19.6 Å². The number of hydrogen-bond donors (Lipinski definition) is 2. The SMILES string of the molecule is C/C=C(\C)C(=O)N1CCC(c2ccc(NC(=O)NCc3ccn4ccnc4c3)cc2)CC1. The Bertz CT molecular complexity index is 1120. The molecule has 1 aliphatic rings. The smallest absolute Gasteiger partial charge is 0.319 e. The van der Waals surface area contributed by atoms with E-state index in [0.29, 0.717) is 12.5 Å². The van der Waals surface area contributed by atoms with Gasteiger partial charge in [-0.1, -0.05) is 18.2 Å². The minimum absolute atomic E-state index is 0.140. The van der Waals surface area contributed by atoms with Crippen LogP contribution in [-0.4, -0.2) is 39.3 Å². The van der Waals surface area contributed by atoms with Gasteiger partial charge in [0.05, 0.1) is 0 Å². The van der Waals surface area contributed by atoms with E-state index < -0.39 is 0 Å². The number of pyridine rings is 1. The van der Waals surface area contributed by atoms with Crippen LogP contribution in [0.5, 0.6) is 0 Å². The second-order valence-electron chi connectivity index (χ2n) is 8.20. The second kappa shape index (κ2) is 9.68. The van der Waals surface area contributed by atoms with Gasteiger partial charge in [0.2, 0.25) is 5.91 Å². The molecule has 0 radical (unpaired) electrons. The van der Waals surface area contributed by atoms with Crippen molar-refractivity contribution >= 4 is 23.3 Å². The monoisotopic (exact) mass is 431 g/mol. The number of benzene rings is 1. The number of hydrogen-bond acceptors (Lipinski definition) is 3. The van der Waals surface area contributed by atoms with Crippen LogP contribution in [0.2, 0.25) is 0 Å². The van der Waals surface area contributed by atoms with Crippen molar-refractivity contribution in [1.29, 1.82) is 0 Å². The maximum Gasteiger partial charge on any atom is 0.319 e. The number of nitrogens with one attached hydrogen (secondary N) is 2. The van der Waals surface area contributed by atoms with Crippen molar-refractivity contribution in [2.24, 2.45) is 0 Å². The molecule has 2 N–H and O–H groups in total. The second-order valence-corrected chi connectivity index (χ2v) is 8.20. The molecule has 7 heteroatoms. The Hall–Kier alpha value is -3.61. The lowest BCUT2D eigenvalue weighted by molar-refractivity contribution is -0.128. The number of allylic oxidation sites excluding steroid dienone is 1. The number of anilines is 1. The lowest BCUT2D eigenvalue weighted by Crippen LogP contribution is -2.38. The third-order valence-electron chi connectivity index (χ3n) is 6.11. The predicted molar refractivity (Wildman–Crippen MR) is 125 cm³/mol. The van der Waals surface area contributed by atoms with E-state index in [4.69, 9.17) is 0 Å². The largest absolute Gasteiger partial charge is 0.339 e. The molecular weight excluding hydrogens is 402 g/mol. The summed E-state index contributed by atoms with van der Waals surface area (Å²) in [4.78, 5) is 30.8. The highest BCUT2D eigenvalue weighted by Crippen LogP contribution is 2.29. The van der Waals surface area contributed by atoms with Gasteiger partial charge in [-0.2, -0.15) is 0 Å². The number of imidazole rings is 1. The van der Waals surface area contributed by atoms with Crippen LogP contribution in [0.15, 0.2) is 66.6 Å². The summed E-state index contributed by atoms with van der Waals surface area (Å²) in [7, 11) is 0. The average Bonchev–Trinajstić information content (AvgIpc) is 3.30. The quantitative estimate of drug-likeness (QED) is 0.590. The van der Waals surface area contributed by atoms with E-state index in [-0.39, 0.29) is 11.9 Å². The van der Waals surface area contributed by atoms with Crippen molar-refractivity contribution in [2.75, 3.05) is 18.4 Å². The zero-order valence-corrected chi connectivity index (χ0v) is 18.5. The highest BCUT2D eigenvalue weighted by Gasteiger charge is 2.24. The Labute approximate surface area is 188 Å². The molecule has 0 atom stereocenters. The highest BCUT2D eigenvalue weighted by atomic mass is 16.2. The number of rotatable bonds is 5. The van der Waals surface area contributed by atoms with Crippen LogP contribution in [0.4, 0.5) is 10.5 Å². The summed E-state index contributed by atoms with van der Waals surface area (Å²) in [5, 5.41) is 5.77. The normalized spacial score (nSPS) is 15.1. The number of carbonyl (C=O) groups excluding carboxylic acids is 2. The molecule has 1 saturated heterocycles. The number of nitrogens with zero attached hydrogens (tertiary/aromatic N) is 3. The summed E-state index contributed by atoms with van der Waals surface area (Å²) >= 11 is 0. The van der Waals surface area contributed by atoms with Crippen molar-refractivity contribution in [2.45, 2.75) is 39.2 Å². The van der Waals surface area contributed by atoms with Crippen molar-refractivity contribution in [3.05, 3.63) is 77.8 Å². The van der Waals surface area contributed by atoms with Gasteiger partial charge in [-0.15, -0.1) is 0 Å². The highest BCUT2D eigenvalue weighted by molar-refractivity contribution is 5.92. The molecule has 4 rings (SSSR count). The van der Waals surface area contributed by atoms with Crippen LogP contribution in [0.3, 0.4) is 0 Å². The Balaban J connectivity index is 1.26. The van der Waals surface area contributed by atoms with Gasteiger partial charge in [-0.25, -0.2) is 9.78 Å². The Morgan fingerprint density at radius 1 is 1.12 bits per heavy atom. The first kappa shape index (κ1) is 21.6. The van der Waals surface area contributed by atoms with E-state index in [1.165, 1.54) is 5.56 Å². The molecule has 0 saturated carbocycles. The van der Waals surface area contributed by atoms with Crippen LogP contribution >= 0.6 is 0 Å². The molecule has 2 aromatic heterocycles. The molecule has 1 fully saturated rings. The number of piperidine rings is 1. The fourth-order valence-corrected chi connectivity index (χ4v) is 4.05. The Morgan fingerprint density at radius 3 is 2.59 bits per heavy atom. The number of urea groups is 1. The van der Waals surface area contributed by atoms with Gasteiger partial charge in [0.1, 0.15) is 5.65 Å². The summed E-state index contributed by atoms with van der Waals surface area (Å²) in [6.45, 7) is 5.75. The molecule has 0 spiro atoms. The molecule has 1 aromatic carbocycles. The molecule has 0 unspecified atom stereocenters. The number of aromatic nitrogens is 2. The lowest BCUT2D eigenvalue weighted by Gasteiger charge is -2.32. The summed E-state index contributed by atoms with van der Waals surface area (Å²) < 4.78 is 1.93. The first-order chi connectivity index (χ1) is 15.5. The summed E-state index contributed by atoms with van der Waals surface area (Å²) in [6, 6.07) is 11.7. The molecule has 166 valence electrons. The summed E-state index contributed by atoms with van der Waals surface area (Å²) in [5.41, 5.74) is 4.65. The fourth-order valence-electron chi connectivity index (χ4n) is 4.05. The number of carbonyl (C=O) groups is 2. The molecule has 1 aliphatic heterocycles. The first-order valence-electron chi connectivity index (χ1n) is 11.0. The Kier molecular flexibility index (Phi) is 6.54. The van der Waals surface area contributed by atoms with Crippen LogP contribution < -0.4 is 10.6 Å². The fraction of sp³-hybridized carbons (Fsp3) is 0.320. The van der Waals surface area contributed by atoms with E-state index in [1.807, 2.05) is 65.9 Å². The van der Waals surface area contributed by atoms with Crippen molar-refractivity contribution < 1.29 is 9.59 Å². The average molecular weight is 432 g/mol. The van der Waals surface area contributed by atoms with E-state index >= 15 is 0 Å². The third kappa shape index (κ3) is 4.99. The number of fused-ring (bicyclic) bond motifs is 1. The predicted octanol–water partition coefficient (Wildman–Crippen LogP) is 4.33. The minimum Gasteiger partial charge on any atom is -0.339 e. The standard InChI is InChI=1S/C25H29N5O2/c1-3-18(2)24(31)30-13-9-21(10-14-30)20-4-6-22(7-5-20)28-25(32)27-17-19-8-12-29-15-11-26-23(29)16-19/h3-8,11-12,15-16,21H,9-10,13-14,17H2,1-2H3,(H2,27,28,32)/b18-3+. The van der Waals surface area contributed by atoms with E-state index in [1.54, 1.807) is 6.20 Å². The van der Waals surface area contributed by atoms with Gasteiger partial charge >= 0.3 is 6.03 Å². The molecule has 3 aromatic rings. The van der Waals surface area contributed by atoms with Gasteiger partial charge in [0.25, 0.3) is 0 Å². The molecule has 32 heavy (non-hydrogen) atoms. The zero-order valence-electron chi connectivity index (χ0n) is 18.5. The van der Waals surface area contributed by atoms with Gasteiger partial charge in [-0.3, -0.25) is 4.79 Å². The van der Waals surface area contributed by atoms with Crippen LogP contribution in [0, 0.1) is 0 Å². The maximum absolute atomic E-state index is 12.3. The summed E-state index contributed by atoms with van der Waals surface area (Å²) in [6.07, 6.45) is 9.34. The topological polar surface area (TPSA) is 78.7 Å². The van der Waals surface area contributed by atoms with Gasteiger partial charge in [0.15, 0.2) is 0 Å². The molecule has 3 amide bonds. The van der Waals surface area contributed by atoms with E-state index in [2.05, 4.69) is 27.8 Å². The number of amides is 3. The van der Waals surface area contributed by atoms with Crippen LogP contribution in [-0.2, 0) is 11.3 Å². The minimum atomic E-state index is -0.243. The van der Waals surface area contributed by atoms with Crippen molar-refractivity contribution in [3.8, 4) is 0 Å². The first-order valence-corrected chi connectivity index (χ1v) is 11.0. The maximum atomic E-state index is 12.3. The summed E-state index contributed by atoms with van der Waals surface area (Å²) in [5.74, 6) is 0.576. The molecular formula is C25H29N5O2. The van der Waals surface area contributed by atoms with Crippen LogP contribution in [0.25, 0.3) is 5.65 Å². The molecule has 3 heterocycles. The van der Waals surface area contributed by atoms with E-state index in [0.717, 1.165) is 48.4 Å².